The molecule has 5 rings (SSSR count). The second-order valence-corrected chi connectivity index (χ2v) is 8.11. The van der Waals surface area contributed by atoms with Crippen molar-refractivity contribution in [3.8, 4) is 22.0 Å². The summed E-state index contributed by atoms with van der Waals surface area (Å²) in [5, 5.41) is 12.2. The molecule has 0 atom stereocenters. The lowest BCUT2D eigenvalue weighted by Crippen LogP contribution is -2.24. The molecule has 3 heterocycles. The van der Waals surface area contributed by atoms with Crippen LogP contribution in [0.25, 0.3) is 32.7 Å². The lowest BCUT2D eigenvalue weighted by atomic mass is 9.99. The normalized spacial score (nSPS) is 11.3. The van der Waals surface area contributed by atoms with Crippen molar-refractivity contribution in [2.24, 2.45) is 0 Å². The third kappa shape index (κ3) is 3.23. The average Bonchev–Trinajstić information content (AvgIpc) is 3.44. The molecule has 3 aromatic heterocycles. The van der Waals surface area contributed by atoms with Gasteiger partial charge in [-0.3, -0.25) is 4.79 Å². The molecule has 0 unspecified atom stereocenters. The number of nitrogens with zero attached hydrogens (tertiary/aromatic N) is 4. The van der Waals surface area contributed by atoms with E-state index in [1.165, 1.54) is 16.0 Å². The van der Waals surface area contributed by atoms with Crippen molar-refractivity contribution in [1.29, 1.82) is 0 Å². The molecule has 30 heavy (non-hydrogen) atoms. The highest BCUT2D eigenvalue weighted by atomic mass is 32.1. The van der Waals surface area contributed by atoms with Crippen molar-refractivity contribution in [1.82, 2.24) is 19.9 Å². The summed E-state index contributed by atoms with van der Waals surface area (Å²) in [5.41, 5.74) is 3.82. The third-order valence-corrected chi connectivity index (χ3v) is 5.88. The number of aryl methyl sites for hydroxylation is 2. The first-order valence-corrected chi connectivity index (χ1v) is 10.4. The molecule has 0 bridgehead atoms. The molecule has 2 aromatic carbocycles. The SMILES string of the molecule is Cc1ccc(C)c(-c2nn(Cc3nc(-c4cccs4)no3)c(=O)c3ccccc23)c1. The number of fused-ring (bicyclic) bond motifs is 1. The average molecular weight is 414 g/mol. The van der Waals surface area contributed by atoms with Gasteiger partial charge in [0.25, 0.3) is 5.56 Å². The largest absolute Gasteiger partial charge is 0.337 e. The molecule has 0 radical (unpaired) electrons. The highest BCUT2D eigenvalue weighted by molar-refractivity contribution is 7.13. The molecule has 0 aliphatic carbocycles. The molecule has 0 saturated carbocycles. The molecule has 0 saturated heterocycles. The molecule has 148 valence electrons. The van der Waals surface area contributed by atoms with Gasteiger partial charge in [-0.1, -0.05) is 47.1 Å². The van der Waals surface area contributed by atoms with Crippen LogP contribution >= 0.6 is 11.3 Å². The van der Waals surface area contributed by atoms with Crippen LogP contribution < -0.4 is 5.56 Å². The first-order chi connectivity index (χ1) is 14.6. The molecule has 5 aromatic rings. The maximum absolute atomic E-state index is 13.1. The van der Waals surface area contributed by atoms with E-state index < -0.39 is 0 Å². The molecule has 0 fully saturated rings. The van der Waals surface area contributed by atoms with E-state index in [1.54, 1.807) is 0 Å². The molecule has 7 heteroatoms. The third-order valence-electron chi connectivity index (χ3n) is 5.01. The zero-order valence-electron chi connectivity index (χ0n) is 16.5. The number of thiophene rings is 1. The van der Waals surface area contributed by atoms with Gasteiger partial charge >= 0.3 is 0 Å². The van der Waals surface area contributed by atoms with Gasteiger partial charge in [0.2, 0.25) is 11.7 Å². The standard InChI is InChI=1S/C23H18N4O2S/c1-14-9-10-15(2)18(12-14)21-16-6-3-4-7-17(16)23(28)27(25-21)13-20-24-22(26-29-20)19-8-5-11-30-19/h3-12H,13H2,1-2H3. The van der Waals surface area contributed by atoms with Crippen molar-refractivity contribution in [2.75, 3.05) is 0 Å². The van der Waals surface area contributed by atoms with E-state index in [9.17, 15) is 4.79 Å². The number of aromatic nitrogens is 4. The summed E-state index contributed by atoms with van der Waals surface area (Å²) < 4.78 is 6.80. The topological polar surface area (TPSA) is 73.8 Å². The lowest BCUT2D eigenvalue weighted by molar-refractivity contribution is 0.364. The summed E-state index contributed by atoms with van der Waals surface area (Å²) in [6, 6.07) is 17.7. The van der Waals surface area contributed by atoms with Crippen LogP contribution in [0.4, 0.5) is 0 Å². The van der Waals surface area contributed by atoms with Crippen LogP contribution in [0.15, 0.2) is 69.3 Å². The predicted molar refractivity (Wildman–Crippen MR) is 118 cm³/mol. The Morgan fingerprint density at radius 1 is 1.03 bits per heavy atom. The molecule has 0 N–H and O–H groups in total. The van der Waals surface area contributed by atoms with Gasteiger partial charge in [-0.2, -0.15) is 10.1 Å². The minimum absolute atomic E-state index is 0.111. The fraction of sp³-hybridized carbons (Fsp3) is 0.130. The quantitative estimate of drug-likeness (QED) is 0.421. The minimum Gasteiger partial charge on any atom is -0.337 e. The van der Waals surface area contributed by atoms with Crippen LogP contribution in [0.3, 0.4) is 0 Å². The summed E-state index contributed by atoms with van der Waals surface area (Å²) in [6.07, 6.45) is 0. The molecular weight excluding hydrogens is 396 g/mol. The second kappa shape index (κ2) is 7.35. The Morgan fingerprint density at radius 3 is 2.67 bits per heavy atom. The van der Waals surface area contributed by atoms with Gasteiger partial charge < -0.3 is 4.52 Å². The first kappa shape index (κ1) is 18.4. The Kier molecular flexibility index (Phi) is 4.52. The molecule has 6 nitrogen and oxygen atoms in total. The van der Waals surface area contributed by atoms with Crippen molar-refractivity contribution >= 4 is 22.1 Å². The maximum atomic E-state index is 13.1. The van der Waals surface area contributed by atoms with Gasteiger partial charge in [-0.15, -0.1) is 11.3 Å². The summed E-state index contributed by atoms with van der Waals surface area (Å²) in [6.45, 7) is 4.21. The fourth-order valence-corrected chi connectivity index (χ4v) is 4.13. The molecule has 0 spiro atoms. The Hall–Kier alpha value is -3.58. The van der Waals surface area contributed by atoms with E-state index in [0.717, 1.165) is 32.6 Å². The Balaban J connectivity index is 1.65. The minimum atomic E-state index is -0.185. The summed E-state index contributed by atoms with van der Waals surface area (Å²) >= 11 is 1.53. The fourth-order valence-electron chi connectivity index (χ4n) is 3.49. The Labute approximate surface area is 176 Å². The second-order valence-electron chi connectivity index (χ2n) is 7.16. The van der Waals surface area contributed by atoms with Crippen molar-refractivity contribution in [2.45, 2.75) is 20.4 Å². The van der Waals surface area contributed by atoms with Gasteiger partial charge in [0.1, 0.15) is 6.54 Å². The van der Waals surface area contributed by atoms with Crippen LogP contribution in [0, 0.1) is 13.8 Å². The van der Waals surface area contributed by atoms with Gasteiger partial charge in [0.15, 0.2) is 0 Å². The van der Waals surface area contributed by atoms with Crippen LogP contribution in [0.1, 0.15) is 17.0 Å². The highest BCUT2D eigenvalue weighted by Gasteiger charge is 2.16. The summed E-state index contributed by atoms with van der Waals surface area (Å²) in [5.74, 6) is 0.860. The van der Waals surface area contributed by atoms with Gasteiger partial charge in [-0.05, 0) is 43.0 Å². The maximum Gasteiger partial charge on any atom is 0.275 e. The van der Waals surface area contributed by atoms with Crippen LogP contribution in [-0.2, 0) is 6.54 Å². The zero-order chi connectivity index (χ0) is 20.7. The number of hydrogen-bond acceptors (Lipinski definition) is 6. The predicted octanol–water partition coefficient (Wildman–Crippen LogP) is 4.84. The van der Waals surface area contributed by atoms with Crippen LogP contribution in [-0.4, -0.2) is 19.9 Å². The van der Waals surface area contributed by atoms with E-state index in [1.807, 2.05) is 55.6 Å². The monoisotopic (exact) mass is 414 g/mol. The molecular formula is C23H18N4O2S. The molecule has 0 aliphatic heterocycles. The number of hydrogen-bond donors (Lipinski definition) is 0. The summed E-state index contributed by atoms with van der Waals surface area (Å²) in [7, 11) is 0. The van der Waals surface area contributed by atoms with E-state index >= 15 is 0 Å². The van der Waals surface area contributed by atoms with Gasteiger partial charge in [0, 0.05) is 10.9 Å². The lowest BCUT2D eigenvalue weighted by Gasteiger charge is -2.12. The number of benzene rings is 2. The smallest absolute Gasteiger partial charge is 0.275 e. The van der Waals surface area contributed by atoms with Crippen LogP contribution in [0.2, 0.25) is 0 Å². The molecule has 0 amide bonds. The summed E-state index contributed by atoms with van der Waals surface area (Å²) in [4.78, 5) is 18.5. The van der Waals surface area contributed by atoms with E-state index in [4.69, 9.17) is 9.62 Å². The highest BCUT2D eigenvalue weighted by Crippen LogP contribution is 2.28. The van der Waals surface area contributed by atoms with E-state index in [0.29, 0.717) is 17.1 Å². The number of rotatable bonds is 4. The Bertz CT molecular complexity index is 1420. The van der Waals surface area contributed by atoms with E-state index in [-0.39, 0.29) is 12.1 Å². The van der Waals surface area contributed by atoms with Crippen molar-refractivity contribution < 1.29 is 4.52 Å². The van der Waals surface area contributed by atoms with Crippen LogP contribution in [0.5, 0.6) is 0 Å². The molecule has 0 aliphatic rings. The van der Waals surface area contributed by atoms with Gasteiger partial charge in [-0.25, -0.2) is 4.68 Å². The first-order valence-electron chi connectivity index (χ1n) is 9.54. The van der Waals surface area contributed by atoms with Gasteiger partial charge in [0.05, 0.1) is 16.0 Å². The van der Waals surface area contributed by atoms with E-state index in [2.05, 4.69) is 28.3 Å². The zero-order valence-corrected chi connectivity index (χ0v) is 17.3. The van der Waals surface area contributed by atoms with Crippen molar-refractivity contribution in [3.05, 3.63) is 87.3 Å². The Morgan fingerprint density at radius 2 is 1.87 bits per heavy atom. The van der Waals surface area contributed by atoms with Crippen molar-refractivity contribution in [3.63, 3.8) is 0 Å².